The number of benzene rings is 1. The Bertz CT molecular complexity index is 520. The zero-order valence-electron chi connectivity index (χ0n) is 9.46. The fourth-order valence-electron chi connectivity index (χ4n) is 1.93. The quantitative estimate of drug-likeness (QED) is 0.450. The van der Waals surface area contributed by atoms with Gasteiger partial charge in [0.1, 0.15) is 5.82 Å². The molecule has 0 saturated carbocycles. The Morgan fingerprint density at radius 2 is 1.63 bits per heavy atom. The van der Waals surface area contributed by atoms with E-state index in [1.807, 2.05) is 0 Å². The van der Waals surface area contributed by atoms with Gasteiger partial charge in [0.05, 0.1) is 18.4 Å². The van der Waals surface area contributed by atoms with Crippen LogP contribution in [0.4, 0.5) is 17.6 Å². The zero-order valence-corrected chi connectivity index (χ0v) is 9.46. The maximum absolute atomic E-state index is 13.2. The van der Waals surface area contributed by atoms with Crippen molar-refractivity contribution in [3.8, 4) is 0 Å². The maximum Gasteiger partial charge on any atom is 0.416 e. The lowest BCUT2D eigenvalue weighted by Crippen LogP contribution is -2.24. The van der Waals surface area contributed by atoms with E-state index < -0.39 is 35.4 Å². The third kappa shape index (κ3) is 3.10. The Labute approximate surface area is 105 Å². The third-order valence-electron chi connectivity index (χ3n) is 2.77. The predicted octanol–water partition coefficient (Wildman–Crippen LogP) is 2.79. The van der Waals surface area contributed by atoms with Gasteiger partial charge in [-0.3, -0.25) is 9.59 Å². The molecule has 19 heavy (non-hydrogen) atoms. The van der Waals surface area contributed by atoms with Gasteiger partial charge in [-0.25, -0.2) is 4.39 Å². The number of rotatable bonds is 1. The maximum atomic E-state index is 13.2. The Hall–Kier alpha value is -1.92. The van der Waals surface area contributed by atoms with Crippen molar-refractivity contribution >= 4 is 11.9 Å². The number of halogens is 4. The molecular formula is C12H8F4O3. The molecule has 0 aliphatic carbocycles. The summed E-state index contributed by atoms with van der Waals surface area (Å²) in [5.74, 6) is -3.49. The van der Waals surface area contributed by atoms with Gasteiger partial charge in [-0.15, -0.1) is 0 Å². The van der Waals surface area contributed by atoms with Gasteiger partial charge in [0, 0.05) is 5.92 Å². The molecule has 0 amide bonds. The van der Waals surface area contributed by atoms with E-state index in [9.17, 15) is 27.2 Å². The molecular weight excluding hydrogens is 268 g/mol. The summed E-state index contributed by atoms with van der Waals surface area (Å²) in [7, 11) is 0. The van der Waals surface area contributed by atoms with Crippen molar-refractivity contribution in [1.29, 1.82) is 0 Å². The third-order valence-corrected chi connectivity index (χ3v) is 2.77. The summed E-state index contributed by atoms with van der Waals surface area (Å²) in [6.07, 6.45) is -5.17. The first-order valence-electron chi connectivity index (χ1n) is 5.37. The Morgan fingerprint density at radius 3 is 2.16 bits per heavy atom. The number of cyclic esters (lactones) is 2. The highest BCUT2D eigenvalue weighted by Crippen LogP contribution is 2.35. The van der Waals surface area contributed by atoms with Gasteiger partial charge in [-0.05, 0) is 23.8 Å². The van der Waals surface area contributed by atoms with Crippen LogP contribution in [-0.4, -0.2) is 11.9 Å². The molecule has 7 heteroatoms. The standard InChI is InChI=1S/C12H8F4O3/c13-9-2-6(1-8(5-9)12(14,15)16)7-3-10(17)19-11(18)4-7/h1-2,5,7H,3-4H2. The summed E-state index contributed by atoms with van der Waals surface area (Å²) in [5, 5.41) is 0. The normalized spacial score (nSPS) is 17.5. The van der Waals surface area contributed by atoms with E-state index in [1.54, 1.807) is 0 Å². The number of carbonyl (C=O) groups is 2. The Balaban J connectivity index is 2.37. The average Bonchev–Trinajstić information content (AvgIpc) is 2.25. The van der Waals surface area contributed by atoms with E-state index >= 15 is 0 Å². The van der Waals surface area contributed by atoms with Crippen LogP contribution in [0.3, 0.4) is 0 Å². The van der Waals surface area contributed by atoms with Crippen molar-refractivity contribution in [2.75, 3.05) is 0 Å². The van der Waals surface area contributed by atoms with Crippen LogP contribution < -0.4 is 0 Å². The summed E-state index contributed by atoms with van der Waals surface area (Å²) in [4.78, 5) is 22.1. The van der Waals surface area contributed by atoms with Gasteiger partial charge < -0.3 is 4.74 Å². The van der Waals surface area contributed by atoms with Crippen molar-refractivity contribution in [3.05, 3.63) is 35.1 Å². The highest BCUT2D eigenvalue weighted by Gasteiger charge is 2.34. The fraction of sp³-hybridized carbons (Fsp3) is 0.333. The van der Waals surface area contributed by atoms with Crippen LogP contribution in [0.15, 0.2) is 18.2 Å². The SMILES string of the molecule is O=C1CC(c2cc(F)cc(C(F)(F)F)c2)CC(=O)O1. The van der Waals surface area contributed by atoms with Gasteiger partial charge >= 0.3 is 18.1 Å². The van der Waals surface area contributed by atoms with Crippen LogP contribution in [0.25, 0.3) is 0 Å². The van der Waals surface area contributed by atoms with Crippen molar-refractivity contribution < 1.29 is 31.9 Å². The first-order valence-corrected chi connectivity index (χ1v) is 5.37. The average molecular weight is 276 g/mol. The van der Waals surface area contributed by atoms with Crippen molar-refractivity contribution in [2.45, 2.75) is 24.9 Å². The van der Waals surface area contributed by atoms with Crippen LogP contribution in [0, 0.1) is 5.82 Å². The molecule has 0 atom stereocenters. The van der Waals surface area contributed by atoms with Gasteiger partial charge in [0.25, 0.3) is 0 Å². The van der Waals surface area contributed by atoms with Crippen LogP contribution in [0.1, 0.15) is 29.9 Å². The summed E-state index contributed by atoms with van der Waals surface area (Å²) < 4.78 is 55.1. The summed E-state index contributed by atoms with van der Waals surface area (Å²) in [5.41, 5.74) is -1.17. The Morgan fingerprint density at radius 1 is 1.05 bits per heavy atom. The van der Waals surface area contributed by atoms with E-state index in [-0.39, 0.29) is 18.4 Å². The molecule has 1 aliphatic rings. The number of carbonyl (C=O) groups excluding carboxylic acids is 2. The molecule has 2 rings (SSSR count). The Kier molecular flexibility index (Phi) is 3.30. The lowest BCUT2D eigenvalue weighted by Gasteiger charge is -2.21. The largest absolute Gasteiger partial charge is 0.416 e. The highest BCUT2D eigenvalue weighted by molar-refractivity contribution is 5.89. The number of hydrogen-bond donors (Lipinski definition) is 0. The first kappa shape index (κ1) is 13.5. The highest BCUT2D eigenvalue weighted by atomic mass is 19.4. The monoisotopic (exact) mass is 276 g/mol. The molecule has 3 nitrogen and oxygen atoms in total. The molecule has 102 valence electrons. The van der Waals surface area contributed by atoms with E-state index in [0.717, 1.165) is 12.1 Å². The zero-order chi connectivity index (χ0) is 14.2. The molecule has 0 bridgehead atoms. The van der Waals surface area contributed by atoms with Crippen LogP contribution in [0.5, 0.6) is 0 Å². The first-order chi connectivity index (χ1) is 8.75. The number of ether oxygens (including phenoxy) is 1. The van der Waals surface area contributed by atoms with Crippen LogP contribution in [-0.2, 0) is 20.5 Å². The predicted molar refractivity (Wildman–Crippen MR) is 54.5 cm³/mol. The van der Waals surface area contributed by atoms with E-state index in [1.165, 1.54) is 0 Å². The lowest BCUT2D eigenvalue weighted by molar-refractivity contribution is -0.163. The van der Waals surface area contributed by atoms with Gasteiger partial charge in [0.15, 0.2) is 0 Å². The van der Waals surface area contributed by atoms with Crippen molar-refractivity contribution in [2.24, 2.45) is 0 Å². The topological polar surface area (TPSA) is 43.4 Å². The molecule has 0 N–H and O–H groups in total. The second kappa shape index (κ2) is 4.64. The molecule has 0 spiro atoms. The molecule has 0 radical (unpaired) electrons. The second-order valence-electron chi connectivity index (χ2n) is 4.22. The number of esters is 2. The van der Waals surface area contributed by atoms with Crippen LogP contribution in [0.2, 0.25) is 0 Å². The minimum absolute atomic E-state index is 0.0303. The molecule has 1 aromatic rings. The van der Waals surface area contributed by atoms with E-state index in [4.69, 9.17) is 0 Å². The van der Waals surface area contributed by atoms with Gasteiger partial charge in [0.2, 0.25) is 0 Å². The molecule has 1 saturated heterocycles. The minimum atomic E-state index is -4.68. The van der Waals surface area contributed by atoms with Crippen molar-refractivity contribution in [1.82, 2.24) is 0 Å². The van der Waals surface area contributed by atoms with Crippen molar-refractivity contribution in [3.63, 3.8) is 0 Å². The molecule has 0 unspecified atom stereocenters. The summed E-state index contributed by atoms with van der Waals surface area (Å²) in [6, 6.07) is 2.01. The molecule has 1 aliphatic heterocycles. The lowest BCUT2D eigenvalue weighted by atomic mass is 9.90. The number of hydrogen-bond acceptors (Lipinski definition) is 3. The van der Waals surface area contributed by atoms with E-state index in [0.29, 0.717) is 6.07 Å². The molecule has 1 heterocycles. The summed E-state index contributed by atoms with van der Waals surface area (Å²) >= 11 is 0. The van der Waals surface area contributed by atoms with Gasteiger partial charge in [-0.1, -0.05) is 0 Å². The second-order valence-corrected chi connectivity index (χ2v) is 4.22. The molecule has 1 fully saturated rings. The minimum Gasteiger partial charge on any atom is -0.393 e. The summed E-state index contributed by atoms with van der Waals surface area (Å²) in [6.45, 7) is 0. The fourth-order valence-corrected chi connectivity index (χ4v) is 1.93. The van der Waals surface area contributed by atoms with Gasteiger partial charge in [-0.2, -0.15) is 13.2 Å². The van der Waals surface area contributed by atoms with Crippen LogP contribution >= 0.6 is 0 Å². The molecule has 0 aromatic heterocycles. The van der Waals surface area contributed by atoms with E-state index in [2.05, 4.69) is 4.74 Å². The molecule has 1 aromatic carbocycles. The smallest absolute Gasteiger partial charge is 0.393 e. The number of alkyl halides is 3.